The minimum Gasteiger partial charge on any atom is -0.485 e. The molecule has 1 amide bonds. The molecule has 0 radical (unpaired) electrons. The lowest BCUT2D eigenvalue weighted by Gasteiger charge is -2.23. The van der Waals surface area contributed by atoms with Crippen molar-refractivity contribution in [1.82, 2.24) is 4.57 Å². The molecule has 1 aromatic heterocycles. The predicted molar refractivity (Wildman–Crippen MR) is 116 cm³/mol. The molecule has 30 heavy (non-hydrogen) atoms. The first-order valence-corrected chi connectivity index (χ1v) is 11.5. The van der Waals surface area contributed by atoms with Crippen LogP contribution in [0.4, 0.5) is 0 Å². The van der Waals surface area contributed by atoms with Crippen molar-refractivity contribution < 1.29 is 23.8 Å². The van der Waals surface area contributed by atoms with Gasteiger partial charge < -0.3 is 18.8 Å². The van der Waals surface area contributed by atoms with Crippen molar-refractivity contribution in [3.05, 3.63) is 52.8 Å². The van der Waals surface area contributed by atoms with Gasteiger partial charge >= 0.3 is 5.97 Å². The number of aryl methyl sites for hydroxylation is 1. The average Bonchev–Trinajstić information content (AvgIpc) is 3.12. The lowest BCUT2D eigenvalue weighted by Crippen LogP contribution is -2.36. The van der Waals surface area contributed by atoms with Crippen LogP contribution in [0.3, 0.4) is 0 Å². The summed E-state index contributed by atoms with van der Waals surface area (Å²) in [5.41, 5.74) is 1.38. The maximum absolute atomic E-state index is 12.8. The van der Waals surface area contributed by atoms with Crippen LogP contribution in [0, 0.1) is 0 Å². The fourth-order valence-electron chi connectivity index (χ4n) is 3.11. The highest BCUT2D eigenvalue weighted by molar-refractivity contribution is 7.98. The normalized spacial score (nSPS) is 15.9. The minimum atomic E-state index is -0.801. The van der Waals surface area contributed by atoms with E-state index in [2.05, 4.69) is 4.99 Å². The number of nitrogens with zero attached hydrogens (tertiary/aromatic N) is 2. The Bertz CT molecular complexity index is 1170. The molecule has 4 rings (SSSR count). The summed E-state index contributed by atoms with van der Waals surface area (Å²) in [5.74, 6) is 1.21. The van der Waals surface area contributed by atoms with Crippen LogP contribution in [0.25, 0.3) is 10.2 Å². The maximum atomic E-state index is 12.8. The van der Waals surface area contributed by atoms with Gasteiger partial charge in [-0.2, -0.15) is 16.8 Å². The van der Waals surface area contributed by atoms with Crippen molar-refractivity contribution >= 4 is 45.2 Å². The Morgan fingerprint density at radius 1 is 1.27 bits per heavy atom. The Morgan fingerprint density at radius 3 is 2.83 bits per heavy atom. The van der Waals surface area contributed by atoms with Crippen molar-refractivity contribution in [1.29, 1.82) is 0 Å². The smallest absolute Gasteiger partial charge is 0.337 e. The summed E-state index contributed by atoms with van der Waals surface area (Å²) in [6, 6.07) is 12.6. The highest BCUT2D eigenvalue weighted by atomic mass is 32.2. The third-order valence-electron chi connectivity index (χ3n) is 4.61. The predicted octanol–water partition coefficient (Wildman–Crippen LogP) is 3.12. The van der Waals surface area contributed by atoms with Gasteiger partial charge in [0.05, 0.1) is 22.9 Å². The van der Waals surface area contributed by atoms with E-state index in [1.807, 2.05) is 29.0 Å². The molecule has 0 N–H and O–H groups in total. The second-order valence-electron chi connectivity index (χ2n) is 6.52. The van der Waals surface area contributed by atoms with Crippen LogP contribution in [0.1, 0.15) is 10.4 Å². The topological polar surface area (TPSA) is 79.1 Å². The number of thioether (sulfide) groups is 1. The number of amides is 1. The number of thiazole rings is 1. The molecule has 9 heteroatoms. The number of ether oxygens (including phenoxy) is 3. The van der Waals surface area contributed by atoms with Gasteiger partial charge in [0.25, 0.3) is 5.91 Å². The van der Waals surface area contributed by atoms with Crippen molar-refractivity contribution in [2.45, 2.75) is 12.6 Å². The van der Waals surface area contributed by atoms with Gasteiger partial charge in [0.2, 0.25) is 6.10 Å². The van der Waals surface area contributed by atoms with E-state index in [-0.39, 0.29) is 6.61 Å². The summed E-state index contributed by atoms with van der Waals surface area (Å²) >= 11 is 3.06. The fraction of sp³-hybridized carbons (Fsp3) is 0.286. The third-order valence-corrected chi connectivity index (χ3v) is 6.24. The van der Waals surface area contributed by atoms with E-state index in [1.54, 1.807) is 36.0 Å². The highest BCUT2D eigenvalue weighted by Gasteiger charge is 2.27. The largest absolute Gasteiger partial charge is 0.485 e. The Kier molecular flexibility index (Phi) is 6.10. The highest BCUT2D eigenvalue weighted by Crippen LogP contribution is 2.31. The van der Waals surface area contributed by atoms with Crippen molar-refractivity contribution in [3.8, 4) is 11.5 Å². The van der Waals surface area contributed by atoms with E-state index in [9.17, 15) is 9.59 Å². The minimum absolute atomic E-state index is 0.113. The van der Waals surface area contributed by atoms with Gasteiger partial charge in [0.15, 0.2) is 16.3 Å². The second-order valence-corrected chi connectivity index (χ2v) is 8.51. The van der Waals surface area contributed by atoms with Crippen molar-refractivity contribution in [2.75, 3.05) is 25.7 Å². The molecule has 3 aromatic rings. The number of aromatic nitrogens is 1. The summed E-state index contributed by atoms with van der Waals surface area (Å²) in [7, 11) is 1.35. The van der Waals surface area contributed by atoms with E-state index < -0.39 is 18.0 Å². The quantitative estimate of drug-likeness (QED) is 0.563. The molecule has 1 aliphatic heterocycles. The molecule has 1 atom stereocenters. The monoisotopic (exact) mass is 444 g/mol. The number of carbonyl (C=O) groups excluding carboxylic acids is 2. The Balaban J connectivity index is 1.70. The molecule has 0 saturated carbocycles. The Hall–Kier alpha value is -2.78. The zero-order chi connectivity index (χ0) is 21.1. The summed E-state index contributed by atoms with van der Waals surface area (Å²) < 4.78 is 19.1. The molecule has 1 aliphatic rings. The number of methoxy groups -OCH3 is 1. The first-order chi connectivity index (χ1) is 14.6. The molecular formula is C21H20N2O5S2. The zero-order valence-corrected chi connectivity index (χ0v) is 18.1. The second kappa shape index (κ2) is 8.93. The van der Waals surface area contributed by atoms with Crippen LogP contribution in [0.5, 0.6) is 11.5 Å². The van der Waals surface area contributed by atoms with E-state index in [4.69, 9.17) is 14.2 Å². The van der Waals surface area contributed by atoms with Crippen molar-refractivity contribution in [2.24, 2.45) is 4.99 Å². The number of hydrogen-bond donors (Lipinski definition) is 0. The summed E-state index contributed by atoms with van der Waals surface area (Å²) in [4.78, 5) is 29.6. The van der Waals surface area contributed by atoms with Gasteiger partial charge in [0, 0.05) is 12.3 Å². The zero-order valence-electron chi connectivity index (χ0n) is 16.5. The molecule has 156 valence electrons. The van der Waals surface area contributed by atoms with Crippen molar-refractivity contribution in [3.63, 3.8) is 0 Å². The number of carbonyl (C=O) groups is 2. The number of benzene rings is 2. The first kappa shape index (κ1) is 20.5. The molecule has 0 aliphatic carbocycles. The number of rotatable bonds is 5. The fourth-order valence-corrected chi connectivity index (χ4v) is 4.58. The molecule has 2 heterocycles. The molecule has 1 unspecified atom stereocenters. The average molecular weight is 445 g/mol. The van der Waals surface area contributed by atoms with Gasteiger partial charge in [-0.05, 0) is 36.6 Å². The first-order valence-electron chi connectivity index (χ1n) is 9.28. The lowest BCUT2D eigenvalue weighted by molar-refractivity contribution is -0.127. The van der Waals surface area contributed by atoms with Crippen LogP contribution in [0.15, 0.2) is 47.5 Å². The van der Waals surface area contributed by atoms with Crippen LogP contribution in [-0.2, 0) is 16.1 Å². The molecular weight excluding hydrogens is 424 g/mol. The van der Waals surface area contributed by atoms with E-state index in [0.717, 1.165) is 16.0 Å². The van der Waals surface area contributed by atoms with Gasteiger partial charge in [-0.15, -0.1) is 0 Å². The number of para-hydroxylation sites is 2. The number of esters is 1. The van der Waals surface area contributed by atoms with Gasteiger partial charge in [0.1, 0.15) is 6.61 Å². The van der Waals surface area contributed by atoms with E-state index in [0.29, 0.717) is 28.4 Å². The number of hydrogen-bond acceptors (Lipinski definition) is 7. The van der Waals surface area contributed by atoms with Crippen LogP contribution >= 0.6 is 23.1 Å². The molecule has 0 saturated heterocycles. The summed E-state index contributed by atoms with van der Waals surface area (Å²) in [5, 5.41) is 0. The Morgan fingerprint density at radius 2 is 2.07 bits per heavy atom. The summed E-state index contributed by atoms with van der Waals surface area (Å²) in [6.07, 6.45) is 1.22. The molecule has 7 nitrogen and oxygen atoms in total. The Labute approximate surface area is 181 Å². The van der Waals surface area contributed by atoms with E-state index >= 15 is 0 Å². The molecule has 0 fully saturated rings. The molecule has 0 spiro atoms. The van der Waals surface area contributed by atoms with Gasteiger partial charge in [-0.1, -0.05) is 23.5 Å². The summed E-state index contributed by atoms with van der Waals surface area (Å²) in [6.45, 7) is 0.803. The van der Waals surface area contributed by atoms with Crippen LogP contribution < -0.4 is 14.3 Å². The third kappa shape index (κ3) is 4.08. The van der Waals surface area contributed by atoms with E-state index in [1.165, 1.54) is 18.4 Å². The maximum Gasteiger partial charge on any atom is 0.337 e. The van der Waals surface area contributed by atoms with Crippen LogP contribution in [-0.4, -0.2) is 48.3 Å². The standard InChI is InChI=1S/C21H20N2O5S2/c1-26-20(25)13-7-8-14-18(11-13)30-21(23(14)9-10-29-2)22-19(24)17-12-27-15-5-3-4-6-16(15)28-17/h3-8,11,17H,9-10,12H2,1-2H3. The number of fused-ring (bicyclic) bond motifs is 2. The SMILES string of the molecule is COC(=O)c1ccc2c(c1)sc(=NC(=O)C1COc3ccccc3O1)n2CCSC. The molecule has 0 bridgehead atoms. The lowest BCUT2D eigenvalue weighted by atomic mass is 10.2. The molecule has 2 aromatic carbocycles. The van der Waals surface area contributed by atoms with Crippen LogP contribution in [0.2, 0.25) is 0 Å². The van der Waals surface area contributed by atoms with Gasteiger partial charge in [-0.25, -0.2) is 4.79 Å². The van der Waals surface area contributed by atoms with Gasteiger partial charge in [-0.3, -0.25) is 4.79 Å².